The first-order valence-electron chi connectivity index (χ1n) is 38.6. The third-order valence-corrected chi connectivity index (χ3v) is 23.2. The van der Waals surface area contributed by atoms with Crippen LogP contribution in [0.1, 0.15) is 0 Å². The highest BCUT2D eigenvalue weighted by Gasteiger charge is 2.20. The molecule has 19 aromatic carbocycles. The van der Waals surface area contributed by atoms with E-state index in [2.05, 4.69) is 443 Å². The van der Waals surface area contributed by atoms with Gasteiger partial charge < -0.3 is 18.3 Å². The fraction of sp³-hybridized carbons (Fsp3) is 0. The smallest absolute Gasteiger partial charge is 0.0541 e. The summed E-state index contributed by atoms with van der Waals surface area (Å²) in [5.74, 6) is 0. The molecule has 0 saturated heterocycles. The maximum Gasteiger partial charge on any atom is 0.0541 e. The molecule has 4 heteroatoms. The van der Waals surface area contributed by atoms with Gasteiger partial charge in [0.2, 0.25) is 0 Å². The molecule has 0 atom stereocenters. The summed E-state index contributed by atoms with van der Waals surface area (Å²) < 4.78 is 9.60. The monoisotopic (exact) mass is 1420 g/mol. The van der Waals surface area contributed by atoms with Gasteiger partial charge in [-0.05, 0) is 239 Å². The van der Waals surface area contributed by atoms with Gasteiger partial charge in [-0.1, -0.05) is 285 Å². The standard InChI is InChI=1S/C56H36N2.C52H34N2/c1-3-11-41-33-43(19-17-37(41)9-1)39-21-27-47(28-22-39)57-53-15-7-5-13-49(53)51-35-45(25-31-55(51)57)46-26-32-56-52(36-46)50-14-6-8-16-54(50)58(56)48-29-23-40(24-30-48)44-20-18-38-10-2-4-12-42(38)34-44;1-2-10-35(11-3-1)37-20-26-43(27-21-37)53-49-16-8-6-14-45(49)47-33-41(24-30-51(47)53)42-25-31-52-48(34-42)46-15-7-9-17-50(46)54(52)44-28-22-38(23-29-44)40-19-18-36-12-4-5-13-39(36)32-40/h1-36H;1-34H. The van der Waals surface area contributed by atoms with E-state index in [9.17, 15) is 0 Å². The largest absolute Gasteiger partial charge is 0.309 e. The summed E-state index contributed by atoms with van der Waals surface area (Å²) in [4.78, 5) is 0. The predicted octanol–water partition coefficient (Wildman–Crippen LogP) is 29.2. The summed E-state index contributed by atoms with van der Waals surface area (Å²) in [5.41, 5.74) is 28.9. The normalized spacial score (nSPS) is 11.8. The highest BCUT2D eigenvalue weighted by molar-refractivity contribution is 6.15. The Morgan fingerprint density at radius 1 is 0.107 bits per heavy atom. The van der Waals surface area contributed by atoms with E-state index in [4.69, 9.17) is 0 Å². The molecule has 0 N–H and O–H groups in total. The summed E-state index contributed by atoms with van der Waals surface area (Å²) >= 11 is 0. The summed E-state index contributed by atoms with van der Waals surface area (Å²) in [5, 5.41) is 17.6. The molecule has 0 aliphatic carbocycles. The molecule has 0 saturated carbocycles. The molecule has 0 unspecified atom stereocenters. The van der Waals surface area contributed by atoms with Crippen LogP contribution in [0.5, 0.6) is 0 Å². The molecule has 0 aliphatic heterocycles. The lowest BCUT2D eigenvalue weighted by atomic mass is 10.0. The van der Waals surface area contributed by atoms with Crippen molar-refractivity contribution < 1.29 is 0 Å². The van der Waals surface area contributed by atoms with E-state index in [1.54, 1.807) is 0 Å². The fourth-order valence-corrected chi connectivity index (χ4v) is 17.7. The van der Waals surface area contributed by atoms with Crippen LogP contribution < -0.4 is 0 Å². The minimum atomic E-state index is 1.16. The molecule has 4 aromatic heterocycles. The first-order chi connectivity index (χ1) is 55.5. The van der Waals surface area contributed by atoms with Gasteiger partial charge in [0.05, 0.1) is 44.1 Å². The lowest BCUT2D eigenvalue weighted by molar-refractivity contribution is 1.18. The molecule has 0 spiro atoms. The van der Waals surface area contributed by atoms with Crippen LogP contribution in [0.25, 0.3) is 209 Å². The lowest BCUT2D eigenvalue weighted by Gasteiger charge is -2.11. The summed E-state index contributed by atoms with van der Waals surface area (Å²) in [6.07, 6.45) is 0. The van der Waals surface area contributed by atoms with E-state index in [0.717, 1.165) is 22.7 Å². The second-order valence-electron chi connectivity index (χ2n) is 29.6. The van der Waals surface area contributed by atoms with Crippen molar-refractivity contribution in [2.45, 2.75) is 0 Å². The highest BCUT2D eigenvalue weighted by atomic mass is 15.0. The van der Waals surface area contributed by atoms with E-state index < -0.39 is 0 Å². The summed E-state index contributed by atoms with van der Waals surface area (Å²) in [6.45, 7) is 0. The first-order valence-corrected chi connectivity index (χ1v) is 38.6. The van der Waals surface area contributed by atoms with Crippen LogP contribution in [0, 0.1) is 0 Å². The molecule has 0 radical (unpaired) electrons. The van der Waals surface area contributed by atoms with Crippen LogP contribution in [0.15, 0.2) is 425 Å². The van der Waals surface area contributed by atoms with Gasteiger partial charge in [-0.15, -0.1) is 0 Å². The average Bonchev–Trinajstić information content (AvgIpc) is 1.59. The molecule has 0 amide bonds. The number of para-hydroxylation sites is 4. The number of hydrogen-bond donors (Lipinski definition) is 0. The Kier molecular flexibility index (Phi) is 15.2. The molecule has 0 aliphatic rings. The number of nitrogens with zero attached hydrogens (tertiary/aromatic N) is 4. The van der Waals surface area contributed by atoms with E-state index in [-0.39, 0.29) is 0 Å². The van der Waals surface area contributed by atoms with Gasteiger partial charge in [0.25, 0.3) is 0 Å². The zero-order valence-electron chi connectivity index (χ0n) is 61.2. The quantitative estimate of drug-likeness (QED) is 0.130. The van der Waals surface area contributed by atoms with Crippen LogP contribution in [-0.2, 0) is 0 Å². The third kappa shape index (κ3) is 11.0. The van der Waals surface area contributed by atoms with Crippen LogP contribution in [0.3, 0.4) is 0 Å². The SMILES string of the molecule is c1ccc(-c2ccc(-n3c4ccccc4c4cc(-c5ccc6c(c5)c5ccccc5n6-c5ccc(-c6ccc7ccccc7c6)cc5)ccc43)cc2)cc1.c1ccc2cc(-c3ccc(-n4c5ccccc5c5cc(-c6ccc7c(c6)c6ccccc6n7-c6ccc(-c7ccc8ccccc8c7)cc6)ccc54)cc3)ccc2c1. The molecule has 23 rings (SSSR count). The van der Waals surface area contributed by atoms with Gasteiger partial charge in [0.15, 0.2) is 0 Å². The van der Waals surface area contributed by atoms with Gasteiger partial charge >= 0.3 is 0 Å². The average molecular weight is 1420 g/mol. The van der Waals surface area contributed by atoms with Crippen LogP contribution in [0.4, 0.5) is 0 Å². The molecule has 522 valence electrons. The predicted molar refractivity (Wildman–Crippen MR) is 475 cm³/mol. The molecule has 23 aromatic rings. The Hall–Kier alpha value is -14.8. The second-order valence-corrected chi connectivity index (χ2v) is 29.6. The van der Waals surface area contributed by atoms with Crippen LogP contribution in [-0.4, -0.2) is 18.3 Å². The topological polar surface area (TPSA) is 19.7 Å². The number of fused-ring (bicyclic) bond motifs is 15. The zero-order chi connectivity index (χ0) is 73.7. The maximum absolute atomic E-state index is 2.40. The molecule has 4 heterocycles. The Bertz CT molecular complexity index is 7400. The molecular formula is C108H70N4. The summed E-state index contributed by atoms with van der Waals surface area (Å²) in [6, 6.07) is 155. The van der Waals surface area contributed by atoms with Gasteiger partial charge in [-0.3, -0.25) is 0 Å². The highest BCUT2D eigenvalue weighted by Crippen LogP contribution is 2.43. The minimum Gasteiger partial charge on any atom is -0.309 e. The maximum atomic E-state index is 2.40. The van der Waals surface area contributed by atoms with E-state index in [1.807, 2.05) is 0 Å². The Morgan fingerprint density at radius 3 is 0.571 bits per heavy atom. The van der Waals surface area contributed by atoms with Crippen molar-refractivity contribution in [3.8, 4) is 89.5 Å². The first kappa shape index (κ1) is 64.3. The number of aromatic nitrogens is 4. The molecule has 4 nitrogen and oxygen atoms in total. The van der Waals surface area contributed by atoms with E-state index in [0.29, 0.717) is 0 Å². The van der Waals surface area contributed by atoms with Gasteiger partial charge in [-0.2, -0.15) is 0 Å². The Balaban J connectivity index is 0.000000138. The number of rotatable bonds is 10. The third-order valence-electron chi connectivity index (χ3n) is 23.2. The van der Waals surface area contributed by atoms with Crippen molar-refractivity contribution in [3.05, 3.63) is 425 Å². The van der Waals surface area contributed by atoms with Gasteiger partial charge in [0, 0.05) is 65.8 Å². The summed E-state index contributed by atoms with van der Waals surface area (Å²) in [7, 11) is 0. The van der Waals surface area contributed by atoms with Gasteiger partial charge in [-0.25, -0.2) is 0 Å². The Labute approximate surface area is 647 Å². The van der Waals surface area contributed by atoms with Crippen molar-refractivity contribution in [3.63, 3.8) is 0 Å². The second kappa shape index (κ2) is 26.5. The van der Waals surface area contributed by atoms with Crippen LogP contribution in [0.2, 0.25) is 0 Å². The molecular weight excluding hydrogens is 1350 g/mol. The van der Waals surface area contributed by atoms with Crippen molar-refractivity contribution in [2.24, 2.45) is 0 Å². The molecule has 0 bridgehead atoms. The molecule has 112 heavy (non-hydrogen) atoms. The number of benzene rings is 19. The molecule has 0 fully saturated rings. The van der Waals surface area contributed by atoms with Gasteiger partial charge in [0.1, 0.15) is 0 Å². The van der Waals surface area contributed by atoms with Crippen molar-refractivity contribution >= 4 is 120 Å². The minimum absolute atomic E-state index is 1.16. The fourth-order valence-electron chi connectivity index (χ4n) is 17.7. The van der Waals surface area contributed by atoms with E-state index in [1.165, 1.54) is 186 Å². The lowest BCUT2D eigenvalue weighted by Crippen LogP contribution is -1.94. The van der Waals surface area contributed by atoms with Crippen molar-refractivity contribution in [1.82, 2.24) is 18.3 Å². The Morgan fingerprint density at radius 2 is 0.295 bits per heavy atom. The van der Waals surface area contributed by atoms with Crippen LogP contribution >= 0.6 is 0 Å². The zero-order valence-corrected chi connectivity index (χ0v) is 61.2. The van der Waals surface area contributed by atoms with Crippen molar-refractivity contribution in [1.29, 1.82) is 0 Å². The van der Waals surface area contributed by atoms with E-state index >= 15 is 0 Å². The number of hydrogen-bond acceptors (Lipinski definition) is 0. The van der Waals surface area contributed by atoms with Crippen molar-refractivity contribution in [2.75, 3.05) is 0 Å².